The number of carbonyl (C=O) groups excluding carboxylic acids is 1. The molecule has 24 heavy (non-hydrogen) atoms. The SMILES string of the molecule is Cc1cc(N(C)C)ccc1NC(=O)Nc1ccc(S(N)(=O)=O)cc1. The van der Waals surface area contributed by atoms with Crippen LogP contribution in [0, 0.1) is 6.92 Å². The van der Waals surface area contributed by atoms with Crippen LogP contribution in [-0.2, 0) is 10.0 Å². The molecule has 8 heteroatoms. The van der Waals surface area contributed by atoms with Crippen molar-refractivity contribution in [2.75, 3.05) is 29.6 Å². The van der Waals surface area contributed by atoms with E-state index in [4.69, 9.17) is 5.14 Å². The maximum absolute atomic E-state index is 12.1. The highest BCUT2D eigenvalue weighted by atomic mass is 32.2. The van der Waals surface area contributed by atoms with E-state index in [2.05, 4.69) is 10.6 Å². The molecule has 0 radical (unpaired) electrons. The first-order chi connectivity index (χ1) is 11.2. The van der Waals surface area contributed by atoms with Gasteiger partial charge in [0.15, 0.2) is 0 Å². The fourth-order valence-corrected chi connectivity index (χ4v) is 2.59. The average molecular weight is 348 g/mol. The van der Waals surface area contributed by atoms with Gasteiger partial charge in [-0.2, -0.15) is 0 Å². The van der Waals surface area contributed by atoms with Crippen molar-refractivity contribution in [1.82, 2.24) is 0 Å². The van der Waals surface area contributed by atoms with E-state index in [1.54, 1.807) is 0 Å². The summed E-state index contributed by atoms with van der Waals surface area (Å²) in [6, 6.07) is 10.9. The van der Waals surface area contributed by atoms with Gasteiger partial charge in [-0.15, -0.1) is 0 Å². The number of nitrogens with zero attached hydrogens (tertiary/aromatic N) is 1. The number of hydrogen-bond donors (Lipinski definition) is 3. The molecule has 7 nitrogen and oxygen atoms in total. The van der Waals surface area contributed by atoms with E-state index < -0.39 is 16.1 Å². The molecule has 0 saturated heterocycles. The lowest BCUT2D eigenvalue weighted by atomic mass is 10.1. The fraction of sp³-hybridized carbons (Fsp3) is 0.188. The quantitative estimate of drug-likeness (QED) is 0.789. The Balaban J connectivity index is 2.06. The van der Waals surface area contributed by atoms with E-state index in [1.165, 1.54) is 24.3 Å². The van der Waals surface area contributed by atoms with Crippen LogP contribution in [0.1, 0.15) is 5.56 Å². The molecule has 2 rings (SSSR count). The molecule has 0 spiro atoms. The monoisotopic (exact) mass is 348 g/mol. The van der Waals surface area contributed by atoms with Crippen molar-refractivity contribution in [2.24, 2.45) is 5.14 Å². The Morgan fingerprint density at radius 2 is 1.67 bits per heavy atom. The molecule has 0 fully saturated rings. The second kappa shape index (κ2) is 6.90. The minimum Gasteiger partial charge on any atom is -0.378 e. The summed E-state index contributed by atoms with van der Waals surface area (Å²) in [7, 11) is 0.143. The highest BCUT2D eigenvalue weighted by molar-refractivity contribution is 7.89. The molecule has 0 saturated carbocycles. The molecule has 0 aliphatic carbocycles. The van der Waals surface area contributed by atoms with Gasteiger partial charge in [-0.3, -0.25) is 0 Å². The summed E-state index contributed by atoms with van der Waals surface area (Å²) in [6.45, 7) is 1.91. The van der Waals surface area contributed by atoms with Crippen LogP contribution in [0.3, 0.4) is 0 Å². The van der Waals surface area contributed by atoms with E-state index in [1.807, 2.05) is 44.1 Å². The standard InChI is InChI=1S/C16H20N4O3S/c1-11-10-13(20(2)3)6-9-15(11)19-16(21)18-12-4-7-14(8-5-12)24(17,22)23/h4-10H,1-3H3,(H2,17,22,23)(H2,18,19,21). The van der Waals surface area contributed by atoms with Gasteiger partial charge in [-0.25, -0.2) is 18.4 Å². The number of urea groups is 1. The highest BCUT2D eigenvalue weighted by Crippen LogP contribution is 2.21. The van der Waals surface area contributed by atoms with Crippen molar-refractivity contribution in [1.29, 1.82) is 0 Å². The summed E-state index contributed by atoms with van der Waals surface area (Å²) < 4.78 is 22.4. The van der Waals surface area contributed by atoms with Crippen molar-refractivity contribution in [2.45, 2.75) is 11.8 Å². The average Bonchev–Trinajstić information content (AvgIpc) is 2.48. The van der Waals surface area contributed by atoms with Gasteiger partial charge in [0.25, 0.3) is 0 Å². The van der Waals surface area contributed by atoms with Crippen LogP contribution in [0.25, 0.3) is 0 Å². The number of amides is 2. The molecule has 2 aromatic carbocycles. The summed E-state index contributed by atoms with van der Waals surface area (Å²) in [5.41, 5.74) is 3.12. The van der Waals surface area contributed by atoms with Crippen molar-refractivity contribution < 1.29 is 13.2 Å². The number of anilines is 3. The van der Waals surface area contributed by atoms with Crippen LogP contribution in [0.15, 0.2) is 47.4 Å². The molecular formula is C16H20N4O3S. The summed E-state index contributed by atoms with van der Waals surface area (Å²) in [5, 5.41) is 10.4. The number of aryl methyl sites for hydroxylation is 1. The van der Waals surface area contributed by atoms with Gasteiger partial charge in [-0.1, -0.05) is 0 Å². The van der Waals surface area contributed by atoms with Gasteiger partial charge in [-0.05, 0) is 55.0 Å². The Labute approximate surface area is 141 Å². The summed E-state index contributed by atoms with van der Waals surface area (Å²) in [5.74, 6) is 0. The predicted octanol–water partition coefficient (Wildman–Crippen LogP) is 2.35. The molecule has 0 bridgehead atoms. The highest BCUT2D eigenvalue weighted by Gasteiger charge is 2.09. The number of hydrogen-bond acceptors (Lipinski definition) is 4. The number of nitrogens with one attached hydrogen (secondary N) is 2. The van der Waals surface area contributed by atoms with Crippen LogP contribution in [0.4, 0.5) is 21.9 Å². The maximum atomic E-state index is 12.1. The van der Waals surface area contributed by atoms with Crippen LogP contribution < -0.4 is 20.7 Å². The zero-order valence-electron chi connectivity index (χ0n) is 13.7. The minimum atomic E-state index is -3.75. The van der Waals surface area contributed by atoms with Crippen LogP contribution >= 0.6 is 0 Å². The Morgan fingerprint density at radius 3 is 2.17 bits per heavy atom. The Morgan fingerprint density at radius 1 is 1.04 bits per heavy atom. The molecule has 0 unspecified atom stereocenters. The zero-order chi connectivity index (χ0) is 17.9. The van der Waals surface area contributed by atoms with Crippen LogP contribution in [0.5, 0.6) is 0 Å². The number of nitrogens with two attached hydrogens (primary N) is 1. The Bertz CT molecular complexity index is 846. The fourth-order valence-electron chi connectivity index (χ4n) is 2.08. The largest absolute Gasteiger partial charge is 0.378 e. The van der Waals surface area contributed by atoms with E-state index in [9.17, 15) is 13.2 Å². The number of benzene rings is 2. The number of rotatable bonds is 4. The topological polar surface area (TPSA) is 105 Å². The molecule has 0 atom stereocenters. The normalized spacial score (nSPS) is 11.0. The maximum Gasteiger partial charge on any atom is 0.323 e. The lowest BCUT2D eigenvalue weighted by molar-refractivity contribution is 0.262. The van der Waals surface area contributed by atoms with Crippen molar-refractivity contribution >= 4 is 33.1 Å². The van der Waals surface area contributed by atoms with Crippen LogP contribution in [-0.4, -0.2) is 28.5 Å². The van der Waals surface area contributed by atoms with Crippen molar-refractivity contribution in [3.63, 3.8) is 0 Å². The molecule has 0 heterocycles. The zero-order valence-corrected chi connectivity index (χ0v) is 14.5. The first-order valence-corrected chi connectivity index (χ1v) is 8.70. The van der Waals surface area contributed by atoms with E-state index in [0.29, 0.717) is 11.4 Å². The Kier molecular flexibility index (Phi) is 5.10. The lowest BCUT2D eigenvalue weighted by Gasteiger charge is -2.16. The first kappa shape index (κ1) is 17.8. The van der Waals surface area contributed by atoms with Gasteiger partial charge < -0.3 is 15.5 Å². The van der Waals surface area contributed by atoms with Gasteiger partial charge in [0.05, 0.1) is 4.90 Å². The Hall–Kier alpha value is -2.58. The van der Waals surface area contributed by atoms with Gasteiger partial charge in [0.1, 0.15) is 0 Å². The predicted molar refractivity (Wildman–Crippen MR) is 96.0 cm³/mol. The summed E-state index contributed by atoms with van der Waals surface area (Å²) in [6.07, 6.45) is 0. The third kappa shape index (κ3) is 4.46. The third-order valence-corrected chi connectivity index (χ3v) is 4.34. The summed E-state index contributed by atoms with van der Waals surface area (Å²) >= 11 is 0. The van der Waals surface area contributed by atoms with E-state index in [-0.39, 0.29) is 4.90 Å². The second-order valence-electron chi connectivity index (χ2n) is 5.54. The first-order valence-electron chi connectivity index (χ1n) is 7.15. The van der Waals surface area contributed by atoms with E-state index >= 15 is 0 Å². The third-order valence-electron chi connectivity index (χ3n) is 3.42. The molecule has 0 aliphatic heterocycles. The van der Waals surface area contributed by atoms with Crippen molar-refractivity contribution in [3.8, 4) is 0 Å². The molecule has 2 aromatic rings. The number of carbonyl (C=O) groups is 1. The molecule has 4 N–H and O–H groups in total. The smallest absolute Gasteiger partial charge is 0.323 e. The molecule has 2 amide bonds. The second-order valence-corrected chi connectivity index (χ2v) is 7.10. The lowest BCUT2D eigenvalue weighted by Crippen LogP contribution is -2.20. The van der Waals surface area contributed by atoms with E-state index in [0.717, 1.165) is 11.3 Å². The molecule has 128 valence electrons. The minimum absolute atomic E-state index is 0.0106. The molecule has 0 aliphatic rings. The van der Waals surface area contributed by atoms with Gasteiger partial charge >= 0.3 is 6.03 Å². The van der Waals surface area contributed by atoms with Crippen LogP contribution in [0.2, 0.25) is 0 Å². The summed E-state index contributed by atoms with van der Waals surface area (Å²) in [4.78, 5) is 14.0. The molecular weight excluding hydrogens is 328 g/mol. The number of primary sulfonamides is 1. The molecule has 0 aromatic heterocycles. The van der Waals surface area contributed by atoms with Crippen molar-refractivity contribution in [3.05, 3.63) is 48.0 Å². The number of sulfonamides is 1. The van der Waals surface area contributed by atoms with Gasteiger partial charge in [0.2, 0.25) is 10.0 Å². The van der Waals surface area contributed by atoms with Gasteiger partial charge in [0, 0.05) is 31.2 Å².